The molecule has 1 aliphatic heterocycles. The Morgan fingerprint density at radius 2 is 1.96 bits per heavy atom. The van der Waals surface area contributed by atoms with E-state index >= 15 is 0 Å². The van der Waals surface area contributed by atoms with Crippen LogP contribution in [0.2, 0.25) is 0 Å². The smallest absolute Gasteiger partial charge is 0.317 e. The fourth-order valence-electron chi connectivity index (χ4n) is 4.22. The first-order valence-corrected chi connectivity index (χ1v) is 9.05. The molecule has 0 aromatic carbocycles. The first kappa shape index (κ1) is 16.3. The average molecular weight is 319 g/mol. The van der Waals surface area contributed by atoms with E-state index in [1.54, 1.807) is 11.0 Å². The third kappa shape index (κ3) is 4.24. The van der Waals surface area contributed by atoms with Gasteiger partial charge in [0.05, 0.1) is 6.54 Å². The second-order valence-corrected chi connectivity index (χ2v) is 7.41. The van der Waals surface area contributed by atoms with Crippen LogP contribution in [-0.2, 0) is 6.54 Å². The Labute approximate surface area is 138 Å². The van der Waals surface area contributed by atoms with E-state index in [9.17, 15) is 4.79 Å². The minimum Gasteiger partial charge on any atom is -0.334 e. The monoisotopic (exact) mass is 319 g/mol. The van der Waals surface area contributed by atoms with Gasteiger partial charge in [-0.15, -0.1) is 0 Å². The van der Waals surface area contributed by atoms with Crippen molar-refractivity contribution in [1.29, 1.82) is 0 Å². The summed E-state index contributed by atoms with van der Waals surface area (Å²) in [7, 11) is 0. The lowest BCUT2D eigenvalue weighted by Gasteiger charge is -2.43. The van der Waals surface area contributed by atoms with Gasteiger partial charge in [0.2, 0.25) is 0 Å². The molecule has 2 fully saturated rings. The van der Waals surface area contributed by atoms with Crippen LogP contribution in [0.5, 0.6) is 0 Å². The van der Waals surface area contributed by atoms with Gasteiger partial charge in [-0.25, -0.2) is 9.78 Å². The Morgan fingerprint density at radius 3 is 2.65 bits per heavy atom. The molecule has 2 heterocycles. The second-order valence-electron chi connectivity index (χ2n) is 7.41. The van der Waals surface area contributed by atoms with E-state index in [1.807, 2.05) is 11.8 Å². The standard InChI is InChI=1S/C17H29N5O/c1-15(11-22-14-18-13-19-22)20-16(23)21-10-6-9-17(12-21)7-4-2-3-5-8-17/h13-15H,2-12H2,1H3,(H,20,23)/t15-/m1/s1. The summed E-state index contributed by atoms with van der Waals surface area (Å²) in [5, 5.41) is 7.22. The van der Waals surface area contributed by atoms with Gasteiger partial charge in [0, 0.05) is 19.1 Å². The Kier molecular flexibility index (Phi) is 5.18. The molecule has 23 heavy (non-hydrogen) atoms. The summed E-state index contributed by atoms with van der Waals surface area (Å²) in [6.45, 7) is 4.51. The zero-order valence-corrected chi connectivity index (χ0v) is 14.2. The maximum absolute atomic E-state index is 12.6. The third-order valence-corrected chi connectivity index (χ3v) is 5.41. The first-order valence-electron chi connectivity index (χ1n) is 9.05. The summed E-state index contributed by atoms with van der Waals surface area (Å²) in [6, 6.07) is 0.136. The number of nitrogens with zero attached hydrogens (tertiary/aromatic N) is 4. The average Bonchev–Trinajstić information content (AvgIpc) is 2.94. The van der Waals surface area contributed by atoms with Crippen molar-refractivity contribution in [3.8, 4) is 0 Å². The molecule has 6 heteroatoms. The van der Waals surface area contributed by atoms with Crippen LogP contribution in [0.3, 0.4) is 0 Å². The number of likely N-dealkylation sites (tertiary alicyclic amines) is 1. The molecule has 2 amide bonds. The predicted octanol–water partition coefficient (Wildman–Crippen LogP) is 2.81. The SMILES string of the molecule is C[C@H](Cn1cncn1)NC(=O)N1CCCC2(CCCCCC2)C1. The number of aromatic nitrogens is 3. The lowest BCUT2D eigenvalue weighted by atomic mass is 9.74. The summed E-state index contributed by atoms with van der Waals surface area (Å²) in [5.74, 6) is 0. The van der Waals surface area contributed by atoms with Gasteiger partial charge in [0.25, 0.3) is 0 Å². The molecule has 0 bridgehead atoms. The van der Waals surface area contributed by atoms with Crippen LogP contribution in [-0.4, -0.2) is 44.8 Å². The van der Waals surface area contributed by atoms with Crippen LogP contribution in [0.4, 0.5) is 4.79 Å². The van der Waals surface area contributed by atoms with Crippen molar-refractivity contribution in [3.63, 3.8) is 0 Å². The summed E-state index contributed by atoms with van der Waals surface area (Å²) in [5.41, 5.74) is 0.390. The Morgan fingerprint density at radius 1 is 1.22 bits per heavy atom. The normalized spacial score (nSPS) is 22.6. The lowest BCUT2D eigenvalue weighted by Crippen LogP contribution is -2.52. The molecule has 1 spiro atoms. The Balaban J connectivity index is 1.54. The van der Waals surface area contributed by atoms with E-state index in [4.69, 9.17) is 0 Å². The van der Waals surface area contributed by atoms with Crippen molar-refractivity contribution >= 4 is 6.03 Å². The van der Waals surface area contributed by atoms with Crippen molar-refractivity contribution in [2.75, 3.05) is 13.1 Å². The molecule has 128 valence electrons. The van der Waals surface area contributed by atoms with E-state index < -0.39 is 0 Å². The summed E-state index contributed by atoms with van der Waals surface area (Å²) in [6.07, 6.45) is 13.6. The molecule has 0 unspecified atom stereocenters. The molecule has 0 radical (unpaired) electrons. The third-order valence-electron chi connectivity index (χ3n) is 5.41. The van der Waals surface area contributed by atoms with Gasteiger partial charge in [-0.05, 0) is 38.0 Å². The van der Waals surface area contributed by atoms with E-state index in [1.165, 1.54) is 51.3 Å². The van der Waals surface area contributed by atoms with Gasteiger partial charge in [0.1, 0.15) is 12.7 Å². The first-order chi connectivity index (χ1) is 11.2. The number of urea groups is 1. The summed E-state index contributed by atoms with van der Waals surface area (Å²) >= 11 is 0. The van der Waals surface area contributed by atoms with Gasteiger partial charge in [-0.1, -0.05) is 25.7 Å². The van der Waals surface area contributed by atoms with Crippen molar-refractivity contribution in [1.82, 2.24) is 25.0 Å². The van der Waals surface area contributed by atoms with Gasteiger partial charge in [-0.3, -0.25) is 4.68 Å². The number of rotatable bonds is 3. The zero-order chi connectivity index (χ0) is 16.1. The summed E-state index contributed by atoms with van der Waals surface area (Å²) < 4.78 is 1.76. The highest BCUT2D eigenvalue weighted by molar-refractivity contribution is 5.74. The van der Waals surface area contributed by atoms with Gasteiger partial charge >= 0.3 is 6.03 Å². The maximum atomic E-state index is 12.6. The highest BCUT2D eigenvalue weighted by atomic mass is 16.2. The van der Waals surface area contributed by atoms with Crippen LogP contribution in [0.1, 0.15) is 58.3 Å². The van der Waals surface area contributed by atoms with Crippen LogP contribution in [0, 0.1) is 5.41 Å². The topological polar surface area (TPSA) is 63.1 Å². The Hall–Kier alpha value is -1.59. The lowest BCUT2D eigenvalue weighted by molar-refractivity contribution is 0.0893. The maximum Gasteiger partial charge on any atom is 0.317 e. The molecule has 6 nitrogen and oxygen atoms in total. The van der Waals surface area contributed by atoms with Crippen LogP contribution < -0.4 is 5.32 Å². The minimum atomic E-state index is 0.0520. The van der Waals surface area contributed by atoms with E-state index in [-0.39, 0.29) is 12.1 Å². The van der Waals surface area contributed by atoms with Crippen LogP contribution >= 0.6 is 0 Å². The molecule has 1 aromatic rings. The number of piperidine rings is 1. The number of hydrogen-bond acceptors (Lipinski definition) is 3. The molecular formula is C17H29N5O. The second kappa shape index (κ2) is 7.32. The number of carbonyl (C=O) groups excluding carboxylic acids is 1. The van der Waals surface area contributed by atoms with Crippen LogP contribution in [0.25, 0.3) is 0 Å². The predicted molar refractivity (Wildman–Crippen MR) is 89.0 cm³/mol. The molecule has 3 rings (SSSR count). The number of amides is 2. The number of carbonyl (C=O) groups is 1. The number of nitrogens with one attached hydrogen (secondary N) is 1. The van der Waals surface area contributed by atoms with Crippen molar-refractivity contribution in [2.24, 2.45) is 5.41 Å². The van der Waals surface area contributed by atoms with E-state index in [2.05, 4.69) is 15.4 Å². The van der Waals surface area contributed by atoms with E-state index in [0.717, 1.165) is 19.5 Å². The number of hydrogen-bond donors (Lipinski definition) is 1. The largest absolute Gasteiger partial charge is 0.334 e. The van der Waals surface area contributed by atoms with E-state index in [0.29, 0.717) is 12.0 Å². The fraction of sp³-hybridized carbons (Fsp3) is 0.824. The molecule has 2 aliphatic rings. The zero-order valence-electron chi connectivity index (χ0n) is 14.2. The highest BCUT2D eigenvalue weighted by Crippen LogP contribution is 2.42. The molecule has 1 atom stereocenters. The van der Waals surface area contributed by atoms with Crippen LogP contribution in [0.15, 0.2) is 12.7 Å². The summed E-state index contributed by atoms with van der Waals surface area (Å²) in [4.78, 5) is 18.6. The van der Waals surface area contributed by atoms with Crippen molar-refractivity contribution < 1.29 is 4.79 Å². The fourth-order valence-corrected chi connectivity index (χ4v) is 4.22. The van der Waals surface area contributed by atoms with Gasteiger partial charge < -0.3 is 10.2 Å². The van der Waals surface area contributed by atoms with Crippen molar-refractivity contribution in [2.45, 2.75) is 70.9 Å². The molecule has 1 N–H and O–H groups in total. The molecule has 1 aliphatic carbocycles. The molecule has 1 aromatic heterocycles. The Bertz CT molecular complexity index is 493. The van der Waals surface area contributed by atoms with Gasteiger partial charge in [-0.2, -0.15) is 5.10 Å². The molecule has 1 saturated heterocycles. The highest BCUT2D eigenvalue weighted by Gasteiger charge is 2.37. The molecule has 1 saturated carbocycles. The van der Waals surface area contributed by atoms with Gasteiger partial charge in [0.15, 0.2) is 0 Å². The quantitative estimate of drug-likeness (QED) is 0.932. The molecular weight excluding hydrogens is 290 g/mol. The van der Waals surface area contributed by atoms with Crippen molar-refractivity contribution in [3.05, 3.63) is 12.7 Å². The minimum absolute atomic E-state index is 0.0520.